The third kappa shape index (κ3) is 2.74. The third-order valence-corrected chi connectivity index (χ3v) is 3.18. The van der Waals surface area contributed by atoms with E-state index in [0.29, 0.717) is 6.54 Å². The van der Waals surface area contributed by atoms with Crippen LogP contribution < -0.4 is 10.6 Å². The molecule has 1 aromatic carbocycles. The summed E-state index contributed by atoms with van der Waals surface area (Å²) in [7, 11) is 0. The van der Waals surface area contributed by atoms with Gasteiger partial charge in [-0.25, -0.2) is 9.37 Å². The number of aryl methyl sites for hydroxylation is 1. The molecule has 0 aliphatic rings. The number of hydrogen-bond acceptors (Lipinski definition) is 3. The van der Waals surface area contributed by atoms with E-state index in [0.717, 1.165) is 29.2 Å². The van der Waals surface area contributed by atoms with Gasteiger partial charge in [0.1, 0.15) is 11.6 Å². The maximum Gasteiger partial charge on any atom is 0.137 e. The Kier molecular flexibility index (Phi) is 4.12. The summed E-state index contributed by atoms with van der Waals surface area (Å²) in [5, 5.41) is 0. The van der Waals surface area contributed by atoms with E-state index in [1.807, 2.05) is 24.8 Å². The molecule has 100 valence electrons. The first-order chi connectivity index (χ1) is 9.17. The topological polar surface area (TPSA) is 42.2 Å². The number of pyridine rings is 1. The average molecular weight is 259 g/mol. The van der Waals surface area contributed by atoms with Crippen molar-refractivity contribution in [2.45, 2.75) is 20.4 Å². The van der Waals surface area contributed by atoms with Crippen molar-refractivity contribution in [1.82, 2.24) is 4.98 Å². The number of rotatable bonds is 4. The summed E-state index contributed by atoms with van der Waals surface area (Å²) in [5.74, 6) is 0.604. The van der Waals surface area contributed by atoms with Crippen LogP contribution in [0.2, 0.25) is 0 Å². The highest BCUT2D eigenvalue weighted by Gasteiger charge is 2.14. The van der Waals surface area contributed by atoms with Crippen molar-refractivity contribution < 1.29 is 4.39 Å². The molecular formula is C15H18FN3. The lowest BCUT2D eigenvalue weighted by molar-refractivity contribution is 0.627. The van der Waals surface area contributed by atoms with Gasteiger partial charge in [0.25, 0.3) is 0 Å². The number of aromatic nitrogens is 1. The number of halogens is 1. The van der Waals surface area contributed by atoms with E-state index < -0.39 is 0 Å². The molecule has 3 nitrogen and oxygen atoms in total. The Bertz CT molecular complexity index is 552. The van der Waals surface area contributed by atoms with E-state index in [9.17, 15) is 4.39 Å². The Morgan fingerprint density at radius 2 is 1.89 bits per heavy atom. The molecule has 0 amide bonds. The highest BCUT2D eigenvalue weighted by atomic mass is 19.1. The summed E-state index contributed by atoms with van der Waals surface area (Å²) in [5.41, 5.74) is 8.87. The highest BCUT2D eigenvalue weighted by Crippen LogP contribution is 2.27. The lowest BCUT2D eigenvalue weighted by atomic mass is 10.1. The van der Waals surface area contributed by atoms with Crippen LogP contribution in [0.4, 0.5) is 15.9 Å². The van der Waals surface area contributed by atoms with Crippen LogP contribution in [0.5, 0.6) is 0 Å². The Morgan fingerprint density at radius 3 is 2.47 bits per heavy atom. The highest BCUT2D eigenvalue weighted by molar-refractivity contribution is 5.63. The fourth-order valence-corrected chi connectivity index (χ4v) is 2.14. The summed E-state index contributed by atoms with van der Waals surface area (Å²) in [6, 6.07) is 8.36. The third-order valence-electron chi connectivity index (χ3n) is 3.18. The zero-order valence-corrected chi connectivity index (χ0v) is 11.2. The fraction of sp³-hybridized carbons (Fsp3) is 0.267. The van der Waals surface area contributed by atoms with Gasteiger partial charge in [-0.05, 0) is 49.7 Å². The second-order valence-corrected chi connectivity index (χ2v) is 4.35. The Hall–Kier alpha value is -1.94. The number of benzene rings is 1. The van der Waals surface area contributed by atoms with Crippen molar-refractivity contribution in [3.05, 3.63) is 53.5 Å². The van der Waals surface area contributed by atoms with Crippen molar-refractivity contribution in [3.8, 4) is 0 Å². The molecule has 0 aliphatic carbocycles. The Balaban J connectivity index is 2.48. The molecule has 2 aromatic rings. The van der Waals surface area contributed by atoms with Crippen LogP contribution in [-0.4, -0.2) is 11.5 Å². The van der Waals surface area contributed by atoms with Gasteiger partial charge in [0.05, 0.1) is 0 Å². The number of anilines is 2. The molecule has 1 heterocycles. The minimum Gasteiger partial charge on any atom is -0.326 e. The number of hydrogen-bond donors (Lipinski definition) is 1. The first-order valence-corrected chi connectivity index (χ1v) is 6.35. The van der Waals surface area contributed by atoms with Gasteiger partial charge >= 0.3 is 0 Å². The van der Waals surface area contributed by atoms with Crippen molar-refractivity contribution in [3.63, 3.8) is 0 Å². The fourth-order valence-electron chi connectivity index (χ4n) is 2.14. The largest absolute Gasteiger partial charge is 0.326 e. The molecule has 0 spiro atoms. The summed E-state index contributed by atoms with van der Waals surface area (Å²) in [6.07, 6.45) is 1.77. The summed E-state index contributed by atoms with van der Waals surface area (Å²) in [6.45, 7) is 5.24. The van der Waals surface area contributed by atoms with Crippen LogP contribution in [0.15, 0.2) is 36.5 Å². The maximum atomic E-state index is 13.0. The lowest BCUT2D eigenvalue weighted by Gasteiger charge is -2.25. The molecular weight excluding hydrogens is 241 g/mol. The zero-order chi connectivity index (χ0) is 13.8. The van der Waals surface area contributed by atoms with Crippen molar-refractivity contribution >= 4 is 11.5 Å². The second-order valence-electron chi connectivity index (χ2n) is 4.35. The van der Waals surface area contributed by atoms with E-state index in [4.69, 9.17) is 5.73 Å². The lowest BCUT2D eigenvalue weighted by Crippen LogP contribution is -2.20. The van der Waals surface area contributed by atoms with Gasteiger partial charge in [-0.15, -0.1) is 0 Å². The second kappa shape index (κ2) is 5.80. The minimum atomic E-state index is -0.240. The van der Waals surface area contributed by atoms with E-state index in [1.54, 1.807) is 18.3 Å². The van der Waals surface area contributed by atoms with Crippen LogP contribution in [0, 0.1) is 12.7 Å². The molecule has 0 saturated heterocycles. The smallest absolute Gasteiger partial charge is 0.137 e. The summed E-state index contributed by atoms with van der Waals surface area (Å²) >= 11 is 0. The molecule has 0 saturated carbocycles. The predicted molar refractivity (Wildman–Crippen MR) is 75.9 cm³/mol. The van der Waals surface area contributed by atoms with Gasteiger partial charge in [-0.1, -0.05) is 0 Å². The van der Waals surface area contributed by atoms with Crippen LogP contribution >= 0.6 is 0 Å². The van der Waals surface area contributed by atoms with Gasteiger partial charge in [0, 0.05) is 30.5 Å². The quantitative estimate of drug-likeness (QED) is 0.917. The average Bonchev–Trinajstić information content (AvgIpc) is 2.42. The Morgan fingerprint density at radius 1 is 1.21 bits per heavy atom. The standard InChI is InChI=1S/C15H18FN3/c1-3-19(13-6-4-12(16)5-7-13)15-14(10-17)11(2)8-9-18-15/h4-9H,3,10,17H2,1-2H3. The van der Waals surface area contributed by atoms with Crippen LogP contribution in [0.3, 0.4) is 0 Å². The van der Waals surface area contributed by atoms with Gasteiger partial charge in [0.2, 0.25) is 0 Å². The molecule has 0 fully saturated rings. The minimum absolute atomic E-state index is 0.240. The molecule has 0 unspecified atom stereocenters. The van der Waals surface area contributed by atoms with Crippen molar-refractivity contribution in [2.24, 2.45) is 5.73 Å². The SMILES string of the molecule is CCN(c1ccc(F)cc1)c1nccc(C)c1CN. The molecule has 0 bridgehead atoms. The van der Waals surface area contributed by atoms with Crippen LogP contribution in [0.1, 0.15) is 18.1 Å². The molecule has 0 aliphatic heterocycles. The van der Waals surface area contributed by atoms with Crippen molar-refractivity contribution in [2.75, 3.05) is 11.4 Å². The molecule has 19 heavy (non-hydrogen) atoms. The Labute approximate surface area is 112 Å². The van der Waals surface area contributed by atoms with Gasteiger partial charge in [-0.2, -0.15) is 0 Å². The van der Waals surface area contributed by atoms with Gasteiger partial charge < -0.3 is 10.6 Å². The monoisotopic (exact) mass is 259 g/mol. The van der Waals surface area contributed by atoms with Crippen LogP contribution in [0.25, 0.3) is 0 Å². The zero-order valence-electron chi connectivity index (χ0n) is 11.2. The normalized spacial score (nSPS) is 10.5. The van der Waals surface area contributed by atoms with E-state index in [1.165, 1.54) is 12.1 Å². The van der Waals surface area contributed by atoms with E-state index >= 15 is 0 Å². The molecule has 4 heteroatoms. The first kappa shape index (κ1) is 13.5. The van der Waals surface area contributed by atoms with E-state index in [-0.39, 0.29) is 5.82 Å². The first-order valence-electron chi connectivity index (χ1n) is 6.35. The molecule has 2 rings (SSSR count). The maximum absolute atomic E-state index is 13.0. The van der Waals surface area contributed by atoms with Crippen LogP contribution in [-0.2, 0) is 6.54 Å². The molecule has 1 aromatic heterocycles. The molecule has 0 atom stereocenters. The van der Waals surface area contributed by atoms with Gasteiger partial charge in [0.15, 0.2) is 0 Å². The predicted octanol–water partition coefficient (Wildman–Crippen LogP) is 3.15. The van der Waals surface area contributed by atoms with E-state index in [2.05, 4.69) is 4.98 Å². The van der Waals surface area contributed by atoms with Gasteiger partial charge in [-0.3, -0.25) is 0 Å². The molecule has 2 N–H and O–H groups in total. The van der Waals surface area contributed by atoms with Crippen molar-refractivity contribution in [1.29, 1.82) is 0 Å². The molecule has 0 radical (unpaired) electrons. The number of nitrogens with zero attached hydrogens (tertiary/aromatic N) is 2. The summed E-state index contributed by atoms with van der Waals surface area (Å²) in [4.78, 5) is 6.47. The summed E-state index contributed by atoms with van der Waals surface area (Å²) < 4.78 is 13.0. The number of nitrogens with two attached hydrogens (primary N) is 1.